The SMILES string of the molecule is Cc1ccccc1C1=C(O)c2ccsc2N(C)S1(=O)=O. The van der Waals surface area contributed by atoms with Crippen LogP contribution in [0.15, 0.2) is 35.7 Å². The number of hydrogen-bond acceptors (Lipinski definition) is 4. The van der Waals surface area contributed by atoms with Crippen LogP contribution in [0.1, 0.15) is 16.7 Å². The number of hydrogen-bond donors (Lipinski definition) is 1. The summed E-state index contributed by atoms with van der Waals surface area (Å²) in [7, 11) is -2.23. The molecule has 2 aromatic rings. The fourth-order valence-corrected chi connectivity index (χ4v) is 4.96. The lowest BCUT2D eigenvalue weighted by Crippen LogP contribution is -2.30. The van der Waals surface area contributed by atoms with Crippen LogP contribution in [-0.2, 0) is 10.0 Å². The minimum absolute atomic E-state index is 0.0241. The van der Waals surface area contributed by atoms with Gasteiger partial charge in [0.2, 0.25) is 0 Å². The summed E-state index contributed by atoms with van der Waals surface area (Å²) in [5, 5.41) is 12.7. The molecule has 1 aromatic heterocycles. The number of anilines is 1. The van der Waals surface area contributed by atoms with Crippen LogP contribution in [0.25, 0.3) is 10.7 Å². The number of aryl methyl sites for hydroxylation is 1. The lowest BCUT2D eigenvalue weighted by Gasteiger charge is -2.27. The first-order valence-electron chi connectivity index (χ1n) is 6.00. The first-order valence-corrected chi connectivity index (χ1v) is 8.32. The molecule has 0 saturated heterocycles. The van der Waals surface area contributed by atoms with Gasteiger partial charge in [-0.3, -0.25) is 4.31 Å². The second-order valence-electron chi connectivity index (χ2n) is 4.60. The molecule has 0 aliphatic carbocycles. The van der Waals surface area contributed by atoms with Crippen LogP contribution in [0.4, 0.5) is 5.00 Å². The molecule has 0 spiro atoms. The van der Waals surface area contributed by atoms with Gasteiger partial charge in [-0.05, 0) is 23.9 Å². The zero-order valence-corrected chi connectivity index (χ0v) is 12.6. The largest absolute Gasteiger partial charge is 0.506 e. The Balaban J connectivity index is 2.39. The van der Waals surface area contributed by atoms with E-state index in [0.29, 0.717) is 16.1 Å². The van der Waals surface area contributed by atoms with Crippen molar-refractivity contribution in [1.82, 2.24) is 0 Å². The third-order valence-corrected chi connectivity index (χ3v) is 6.35. The Morgan fingerprint density at radius 2 is 1.85 bits per heavy atom. The van der Waals surface area contributed by atoms with Gasteiger partial charge in [-0.25, -0.2) is 8.42 Å². The van der Waals surface area contributed by atoms with Crippen LogP contribution in [0.5, 0.6) is 0 Å². The van der Waals surface area contributed by atoms with Crippen molar-refractivity contribution in [2.24, 2.45) is 0 Å². The molecule has 6 heteroatoms. The van der Waals surface area contributed by atoms with Gasteiger partial charge < -0.3 is 5.11 Å². The van der Waals surface area contributed by atoms with E-state index >= 15 is 0 Å². The molecule has 104 valence electrons. The Morgan fingerprint density at radius 1 is 1.15 bits per heavy atom. The van der Waals surface area contributed by atoms with E-state index in [4.69, 9.17) is 0 Å². The smallest absolute Gasteiger partial charge is 0.269 e. The highest BCUT2D eigenvalue weighted by Gasteiger charge is 2.37. The van der Waals surface area contributed by atoms with E-state index < -0.39 is 10.0 Å². The number of fused-ring (bicyclic) bond motifs is 1. The number of sulfonamides is 1. The summed E-state index contributed by atoms with van der Waals surface area (Å²) in [5.41, 5.74) is 1.91. The normalized spacial score (nSPS) is 17.2. The summed E-state index contributed by atoms with van der Waals surface area (Å²) in [4.78, 5) is -0.0241. The number of nitrogens with zero attached hydrogens (tertiary/aromatic N) is 1. The first-order chi connectivity index (χ1) is 9.44. The Bertz CT molecular complexity index is 818. The van der Waals surface area contributed by atoms with E-state index in [1.54, 1.807) is 23.6 Å². The Hall–Kier alpha value is -1.79. The van der Waals surface area contributed by atoms with Gasteiger partial charge in [-0.1, -0.05) is 24.3 Å². The summed E-state index contributed by atoms with van der Waals surface area (Å²) >= 11 is 1.29. The lowest BCUT2D eigenvalue weighted by atomic mass is 10.1. The highest BCUT2D eigenvalue weighted by molar-refractivity contribution is 8.02. The molecule has 20 heavy (non-hydrogen) atoms. The molecule has 1 aliphatic rings. The van der Waals surface area contributed by atoms with E-state index in [-0.39, 0.29) is 10.7 Å². The molecule has 4 nitrogen and oxygen atoms in total. The summed E-state index contributed by atoms with van der Waals surface area (Å²) < 4.78 is 26.5. The van der Waals surface area contributed by atoms with Crippen molar-refractivity contribution < 1.29 is 13.5 Å². The van der Waals surface area contributed by atoms with E-state index in [1.807, 2.05) is 19.1 Å². The van der Waals surface area contributed by atoms with Crippen LogP contribution in [0.3, 0.4) is 0 Å². The number of rotatable bonds is 1. The molecule has 0 unspecified atom stereocenters. The van der Waals surface area contributed by atoms with Gasteiger partial charge in [-0.2, -0.15) is 0 Å². The van der Waals surface area contributed by atoms with Gasteiger partial charge in [0.1, 0.15) is 15.7 Å². The molecule has 1 aromatic carbocycles. The maximum atomic E-state index is 12.7. The maximum absolute atomic E-state index is 12.7. The fraction of sp³-hybridized carbons (Fsp3) is 0.143. The summed E-state index contributed by atoms with van der Waals surface area (Å²) in [6.07, 6.45) is 0. The van der Waals surface area contributed by atoms with Crippen LogP contribution in [0.2, 0.25) is 0 Å². The second-order valence-corrected chi connectivity index (χ2v) is 7.41. The minimum Gasteiger partial charge on any atom is -0.506 e. The number of thiophene rings is 1. The van der Waals surface area contributed by atoms with Gasteiger partial charge in [0, 0.05) is 12.6 Å². The van der Waals surface area contributed by atoms with Gasteiger partial charge in [0.15, 0.2) is 0 Å². The zero-order valence-electron chi connectivity index (χ0n) is 11.0. The molecule has 0 fully saturated rings. The predicted molar refractivity (Wildman–Crippen MR) is 82.3 cm³/mol. The quantitative estimate of drug-likeness (QED) is 0.880. The Kier molecular flexibility index (Phi) is 2.88. The highest BCUT2D eigenvalue weighted by atomic mass is 32.2. The maximum Gasteiger partial charge on any atom is 0.269 e. The van der Waals surface area contributed by atoms with Gasteiger partial charge in [-0.15, -0.1) is 11.3 Å². The Morgan fingerprint density at radius 3 is 2.55 bits per heavy atom. The molecular formula is C14H13NO3S2. The number of aliphatic hydroxyl groups excluding tert-OH is 1. The van der Waals surface area contributed by atoms with Crippen molar-refractivity contribution in [1.29, 1.82) is 0 Å². The average molecular weight is 307 g/mol. The van der Waals surface area contributed by atoms with Crippen molar-refractivity contribution in [3.8, 4) is 0 Å². The van der Waals surface area contributed by atoms with E-state index in [1.165, 1.54) is 22.7 Å². The van der Waals surface area contributed by atoms with E-state index in [2.05, 4.69) is 0 Å². The second kappa shape index (κ2) is 4.36. The molecule has 1 N–H and O–H groups in total. The molecule has 0 saturated carbocycles. The molecular weight excluding hydrogens is 294 g/mol. The average Bonchev–Trinajstić information content (AvgIpc) is 2.88. The predicted octanol–water partition coefficient (Wildman–Crippen LogP) is 3.22. The molecule has 2 heterocycles. The topological polar surface area (TPSA) is 57.6 Å². The third-order valence-electron chi connectivity index (χ3n) is 3.41. The standard InChI is InChI=1S/C14H13NO3S2/c1-9-5-3-4-6-10(9)13-12(16)11-7-8-19-14(11)15(2)20(13,17)18/h3-8,16H,1-2H3. The monoisotopic (exact) mass is 307 g/mol. The first kappa shape index (κ1) is 13.2. The summed E-state index contributed by atoms with van der Waals surface area (Å²) in [6.45, 7) is 1.83. The van der Waals surface area contributed by atoms with E-state index in [0.717, 1.165) is 5.56 Å². The van der Waals surface area contributed by atoms with Crippen molar-refractivity contribution in [3.63, 3.8) is 0 Å². The molecule has 3 rings (SSSR count). The molecule has 1 aliphatic heterocycles. The van der Waals surface area contributed by atoms with Crippen LogP contribution in [0, 0.1) is 6.92 Å². The van der Waals surface area contributed by atoms with Gasteiger partial charge in [0.05, 0.1) is 5.56 Å². The molecule has 0 amide bonds. The molecule has 0 bridgehead atoms. The third kappa shape index (κ3) is 1.68. The van der Waals surface area contributed by atoms with Gasteiger partial charge in [0.25, 0.3) is 10.0 Å². The molecule has 0 radical (unpaired) electrons. The van der Waals surface area contributed by atoms with Crippen LogP contribution < -0.4 is 4.31 Å². The summed E-state index contributed by atoms with van der Waals surface area (Å²) in [6, 6.07) is 8.88. The van der Waals surface area contributed by atoms with Crippen LogP contribution >= 0.6 is 11.3 Å². The lowest BCUT2D eigenvalue weighted by molar-refractivity contribution is 0.513. The van der Waals surface area contributed by atoms with E-state index in [9.17, 15) is 13.5 Å². The summed E-state index contributed by atoms with van der Waals surface area (Å²) in [5.74, 6) is -0.173. The molecule has 0 atom stereocenters. The Labute approximate surface area is 121 Å². The van der Waals surface area contributed by atoms with Crippen molar-refractivity contribution >= 4 is 37.0 Å². The zero-order chi connectivity index (χ0) is 14.5. The highest BCUT2D eigenvalue weighted by Crippen LogP contribution is 2.44. The number of benzene rings is 1. The fourth-order valence-electron chi connectivity index (χ4n) is 2.31. The van der Waals surface area contributed by atoms with Gasteiger partial charge >= 0.3 is 0 Å². The van der Waals surface area contributed by atoms with Crippen molar-refractivity contribution in [3.05, 3.63) is 52.4 Å². The minimum atomic E-state index is -3.74. The van der Waals surface area contributed by atoms with Crippen LogP contribution in [-0.4, -0.2) is 20.6 Å². The number of aliphatic hydroxyl groups is 1. The van der Waals surface area contributed by atoms with Crippen molar-refractivity contribution in [2.45, 2.75) is 6.92 Å². The van der Waals surface area contributed by atoms with Crippen molar-refractivity contribution in [2.75, 3.05) is 11.4 Å².